The highest BCUT2D eigenvalue weighted by molar-refractivity contribution is 5.85. The molecule has 0 radical (unpaired) electrons. The number of likely N-dealkylation sites (tertiary alicyclic amines) is 1. The van der Waals surface area contributed by atoms with E-state index in [4.69, 9.17) is 15.0 Å². The summed E-state index contributed by atoms with van der Waals surface area (Å²) in [4.78, 5) is 6.66. The summed E-state index contributed by atoms with van der Waals surface area (Å²) in [6.45, 7) is 4.32. The molecule has 0 bridgehead atoms. The molecule has 1 saturated heterocycles. The van der Waals surface area contributed by atoms with Crippen LogP contribution >= 0.6 is 12.4 Å². The molecule has 7 heteroatoms. The number of ether oxygens (including phenoxy) is 1. The number of methoxy groups -OCH3 is 1. The molecule has 2 rings (SSSR count). The Bertz CT molecular complexity index is 374. The average Bonchev–Trinajstić information content (AvgIpc) is 2.87. The number of hydrogen-bond acceptors (Lipinski definition) is 6. The normalized spacial score (nSPS) is 24.2. The molecular formula is C12H23ClN4O2. The van der Waals surface area contributed by atoms with Crippen LogP contribution in [0.1, 0.15) is 31.5 Å². The number of piperidine rings is 1. The van der Waals surface area contributed by atoms with E-state index in [0.29, 0.717) is 31.1 Å². The van der Waals surface area contributed by atoms with E-state index in [9.17, 15) is 0 Å². The molecular weight excluding hydrogens is 268 g/mol. The van der Waals surface area contributed by atoms with Gasteiger partial charge in [-0.3, -0.25) is 4.90 Å². The van der Waals surface area contributed by atoms with Crippen molar-refractivity contribution >= 4 is 12.4 Å². The Morgan fingerprint density at radius 3 is 2.89 bits per heavy atom. The van der Waals surface area contributed by atoms with Crippen LogP contribution in [0.3, 0.4) is 0 Å². The molecule has 0 saturated carbocycles. The van der Waals surface area contributed by atoms with Gasteiger partial charge >= 0.3 is 0 Å². The number of rotatable bonds is 5. The lowest BCUT2D eigenvalue weighted by molar-refractivity contribution is 0.00910. The second-order valence-corrected chi connectivity index (χ2v) is 4.70. The predicted molar refractivity (Wildman–Crippen MR) is 74.2 cm³/mol. The second kappa shape index (κ2) is 7.79. The molecule has 0 spiro atoms. The zero-order chi connectivity index (χ0) is 13.0. The zero-order valence-corrected chi connectivity index (χ0v) is 12.4. The van der Waals surface area contributed by atoms with Crippen molar-refractivity contribution in [1.29, 1.82) is 0 Å². The molecule has 1 aliphatic rings. The van der Waals surface area contributed by atoms with Gasteiger partial charge in [0.05, 0.1) is 12.6 Å². The first-order chi connectivity index (χ1) is 8.76. The standard InChI is InChI=1S/C12H22N4O2.ClH/c1-3-12-14-11(15-18-12)8-16-5-4-10(17-2)6-9(16)7-13;/h9-10H,3-8,13H2,1-2H3;1H. The van der Waals surface area contributed by atoms with Gasteiger partial charge in [0, 0.05) is 32.7 Å². The number of nitrogens with two attached hydrogens (primary N) is 1. The van der Waals surface area contributed by atoms with Crippen molar-refractivity contribution in [2.24, 2.45) is 5.73 Å². The smallest absolute Gasteiger partial charge is 0.226 e. The SMILES string of the molecule is CCc1nc(CN2CCC(OC)CC2CN)no1.Cl. The first kappa shape index (κ1) is 16.4. The van der Waals surface area contributed by atoms with E-state index in [1.807, 2.05) is 6.92 Å². The van der Waals surface area contributed by atoms with E-state index in [-0.39, 0.29) is 12.4 Å². The fraction of sp³-hybridized carbons (Fsp3) is 0.833. The van der Waals surface area contributed by atoms with Gasteiger partial charge in [-0.25, -0.2) is 0 Å². The summed E-state index contributed by atoms with van der Waals surface area (Å²) in [5, 5.41) is 3.99. The molecule has 1 fully saturated rings. The third kappa shape index (κ3) is 4.14. The highest BCUT2D eigenvalue weighted by Gasteiger charge is 2.28. The minimum absolute atomic E-state index is 0. The van der Waals surface area contributed by atoms with Crippen molar-refractivity contribution < 1.29 is 9.26 Å². The second-order valence-electron chi connectivity index (χ2n) is 4.70. The molecule has 2 atom stereocenters. The fourth-order valence-corrected chi connectivity index (χ4v) is 2.41. The van der Waals surface area contributed by atoms with E-state index in [1.165, 1.54) is 0 Å². The van der Waals surface area contributed by atoms with Crippen molar-refractivity contribution in [3.8, 4) is 0 Å². The van der Waals surface area contributed by atoms with E-state index in [2.05, 4.69) is 15.0 Å². The van der Waals surface area contributed by atoms with Gasteiger partial charge in [0.1, 0.15) is 0 Å². The lowest BCUT2D eigenvalue weighted by Gasteiger charge is -2.37. The third-order valence-corrected chi connectivity index (χ3v) is 3.55. The number of hydrogen-bond donors (Lipinski definition) is 1. The highest BCUT2D eigenvalue weighted by atomic mass is 35.5. The Morgan fingerprint density at radius 1 is 1.53 bits per heavy atom. The topological polar surface area (TPSA) is 77.4 Å². The minimum Gasteiger partial charge on any atom is -0.381 e. The van der Waals surface area contributed by atoms with Crippen LogP contribution in [0.15, 0.2) is 4.52 Å². The maximum Gasteiger partial charge on any atom is 0.226 e. The Morgan fingerprint density at radius 2 is 2.32 bits per heavy atom. The highest BCUT2D eigenvalue weighted by Crippen LogP contribution is 2.20. The molecule has 19 heavy (non-hydrogen) atoms. The van der Waals surface area contributed by atoms with Crippen LogP contribution < -0.4 is 5.73 Å². The van der Waals surface area contributed by atoms with Crippen LogP contribution in [0.2, 0.25) is 0 Å². The van der Waals surface area contributed by atoms with Crippen molar-refractivity contribution in [1.82, 2.24) is 15.0 Å². The van der Waals surface area contributed by atoms with Crippen LogP contribution in [0.5, 0.6) is 0 Å². The Kier molecular flexibility index (Phi) is 6.71. The average molecular weight is 291 g/mol. The van der Waals surface area contributed by atoms with Gasteiger partial charge < -0.3 is 15.0 Å². The summed E-state index contributed by atoms with van der Waals surface area (Å²) in [6.07, 6.45) is 3.11. The van der Waals surface area contributed by atoms with E-state index in [1.54, 1.807) is 7.11 Å². The van der Waals surface area contributed by atoms with Crippen LogP contribution in [0.4, 0.5) is 0 Å². The molecule has 1 aliphatic heterocycles. The molecule has 2 unspecified atom stereocenters. The molecule has 1 aromatic rings. The summed E-state index contributed by atoms with van der Waals surface area (Å²) in [6, 6.07) is 0.340. The molecule has 0 aliphatic carbocycles. The monoisotopic (exact) mass is 290 g/mol. The molecule has 6 nitrogen and oxygen atoms in total. The lowest BCUT2D eigenvalue weighted by atomic mass is 9.99. The van der Waals surface area contributed by atoms with Crippen molar-refractivity contribution in [3.63, 3.8) is 0 Å². The molecule has 0 aromatic carbocycles. The van der Waals surface area contributed by atoms with Crippen LogP contribution in [-0.4, -0.2) is 47.4 Å². The Balaban J connectivity index is 0.00000180. The van der Waals surface area contributed by atoms with Gasteiger partial charge in [0.15, 0.2) is 5.82 Å². The van der Waals surface area contributed by atoms with Crippen molar-refractivity contribution in [2.45, 2.75) is 44.9 Å². The number of aryl methyl sites for hydroxylation is 1. The van der Waals surface area contributed by atoms with E-state index < -0.39 is 0 Å². The van der Waals surface area contributed by atoms with Crippen LogP contribution in [0, 0.1) is 0 Å². The maximum absolute atomic E-state index is 5.83. The number of nitrogens with zero attached hydrogens (tertiary/aromatic N) is 3. The van der Waals surface area contributed by atoms with Crippen LogP contribution in [-0.2, 0) is 17.7 Å². The van der Waals surface area contributed by atoms with E-state index >= 15 is 0 Å². The predicted octanol–water partition coefficient (Wildman–Crippen LogP) is 0.992. The van der Waals surface area contributed by atoms with Gasteiger partial charge in [-0.1, -0.05) is 12.1 Å². The summed E-state index contributed by atoms with van der Waals surface area (Å²) in [5.41, 5.74) is 5.83. The van der Waals surface area contributed by atoms with Crippen LogP contribution in [0.25, 0.3) is 0 Å². The Hall–Kier alpha value is -0.690. The largest absolute Gasteiger partial charge is 0.381 e. The lowest BCUT2D eigenvalue weighted by Crippen LogP contribution is -2.48. The summed E-state index contributed by atoms with van der Waals surface area (Å²) >= 11 is 0. The van der Waals surface area contributed by atoms with Crippen molar-refractivity contribution in [3.05, 3.63) is 11.7 Å². The minimum atomic E-state index is 0. The number of halogens is 1. The van der Waals surface area contributed by atoms with E-state index in [0.717, 1.165) is 31.6 Å². The molecule has 110 valence electrons. The van der Waals surface area contributed by atoms with Gasteiger partial charge in [-0.05, 0) is 12.8 Å². The van der Waals surface area contributed by atoms with Gasteiger partial charge in [-0.2, -0.15) is 4.98 Å². The molecule has 2 heterocycles. The van der Waals surface area contributed by atoms with Gasteiger partial charge in [-0.15, -0.1) is 12.4 Å². The quantitative estimate of drug-likeness (QED) is 0.871. The van der Waals surface area contributed by atoms with Crippen molar-refractivity contribution in [2.75, 3.05) is 20.2 Å². The van der Waals surface area contributed by atoms with Gasteiger partial charge in [0.25, 0.3) is 0 Å². The third-order valence-electron chi connectivity index (χ3n) is 3.55. The maximum atomic E-state index is 5.83. The summed E-state index contributed by atoms with van der Waals surface area (Å²) in [7, 11) is 1.76. The molecule has 1 aromatic heterocycles. The fourth-order valence-electron chi connectivity index (χ4n) is 2.41. The molecule has 0 amide bonds. The number of aromatic nitrogens is 2. The Labute approximate surface area is 120 Å². The summed E-state index contributed by atoms with van der Waals surface area (Å²) < 4.78 is 10.5. The first-order valence-electron chi connectivity index (χ1n) is 6.55. The zero-order valence-electron chi connectivity index (χ0n) is 11.5. The molecule has 2 N–H and O–H groups in total. The summed E-state index contributed by atoms with van der Waals surface area (Å²) in [5.74, 6) is 1.45. The first-order valence-corrected chi connectivity index (χ1v) is 6.55. The van der Waals surface area contributed by atoms with Gasteiger partial charge in [0.2, 0.25) is 5.89 Å².